The molecule has 0 spiro atoms. The van der Waals surface area contributed by atoms with Crippen molar-refractivity contribution in [2.45, 2.75) is 5.03 Å². The van der Waals surface area contributed by atoms with Crippen LogP contribution in [0.4, 0.5) is 5.69 Å². The van der Waals surface area contributed by atoms with Gasteiger partial charge in [0.1, 0.15) is 0 Å². The van der Waals surface area contributed by atoms with Crippen LogP contribution in [0.2, 0.25) is 5.02 Å². The molecule has 94 valence electrons. The van der Waals surface area contributed by atoms with Crippen molar-refractivity contribution in [1.82, 2.24) is 4.98 Å². The SMILES string of the molecule is NS(=O)(=O)CCSc1ncc(Cl)cc1[N+](=O)[O-]. The lowest BCUT2D eigenvalue weighted by molar-refractivity contribution is -0.388. The first-order valence-electron chi connectivity index (χ1n) is 4.23. The Kier molecular flexibility index (Phi) is 4.69. The van der Waals surface area contributed by atoms with Crippen LogP contribution in [0.3, 0.4) is 0 Å². The van der Waals surface area contributed by atoms with Crippen LogP contribution in [0, 0.1) is 10.1 Å². The second kappa shape index (κ2) is 5.63. The first kappa shape index (κ1) is 14.2. The molecule has 10 heteroatoms. The molecular formula is C7H8ClN3O4S2. The number of thioether (sulfide) groups is 1. The van der Waals surface area contributed by atoms with E-state index in [2.05, 4.69) is 4.98 Å². The Morgan fingerprint density at radius 2 is 2.24 bits per heavy atom. The van der Waals surface area contributed by atoms with E-state index >= 15 is 0 Å². The van der Waals surface area contributed by atoms with E-state index in [-0.39, 0.29) is 27.2 Å². The number of nitro groups is 1. The molecule has 2 N–H and O–H groups in total. The molecule has 7 nitrogen and oxygen atoms in total. The molecule has 0 aliphatic rings. The lowest BCUT2D eigenvalue weighted by Gasteiger charge is -2.01. The molecule has 17 heavy (non-hydrogen) atoms. The van der Waals surface area contributed by atoms with Crippen LogP contribution in [0.1, 0.15) is 0 Å². The maximum Gasteiger partial charge on any atom is 0.302 e. The maximum atomic E-state index is 10.7. The van der Waals surface area contributed by atoms with E-state index in [0.717, 1.165) is 17.8 Å². The second-order valence-corrected chi connectivity index (χ2v) is 6.20. The van der Waals surface area contributed by atoms with Crippen LogP contribution < -0.4 is 5.14 Å². The fourth-order valence-electron chi connectivity index (χ4n) is 0.913. The topological polar surface area (TPSA) is 116 Å². The number of sulfonamides is 1. The summed E-state index contributed by atoms with van der Waals surface area (Å²) in [5.41, 5.74) is -0.253. The van der Waals surface area contributed by atoms with Gasteiger partial charge in [-0.15, -0.1) is 0 Å². The molecular weight excluding hydrogens is 290 g/mol. The van der Waals surface area contributed by atoms with E-state index in [1.54, 1.807) is 0 Å². The van der Waals surface area contributed by atoms with Gasteiger partial charge in [-0.25, -0.2) is 18.5 Å². The molecule has 0 fully saturated rings. The van der Waals surface area contributed by atoms with E-state index in [0.29, 0.717) is 0 Å². The number of hydrogen-bond acceptors (Lipinski definition) is 6. The summed E-state index contributed by atoms with van der Waals surface area (Å²) in [6, 6.07) is 1.16. The standard InChI is InChI=1S/C7H8ClN3O4S2/c8-5-3-6(11(12)13)7(10-4-5)16-1-2-17(9,14)15/h3-4H,1-2H2,(H2,9,14,15). The van der Waals surface area contributed by atoms with Gasteiger partial charge in [0.05, 0.1) is 15.7 Å². The fraction of sp³-hybridized carbons (Fsp3) is 0.286. The molecule has 0 bridgehead atoms. The summed E-state index contributed by atoms with van der Waals surface area (Å²) >= 11 is 6.52. The van der Waals surface area contributed by atoms with Gasteiger partial charge in [-0.3, -0.25) is 10.1 Å². The molecule has 0 amide bonds. The van der Waals surface area contributed by atoms with Gasteiger partial charge in [-0.2, -0.15) is 0 Å². The van der Waals surface area contributed by atoms with Gasteiger partial charge in [0.15, 0.2) is 5.03 Å². The van der Waals surface area contributed by atoms with Crippen molar-refractivity contribution in [3.05, 3.63) is 27.4 Å². The van der Waals surface area contributed by atoms with E-state index < -0.39 is 14.9 Å². The molecule has 0 aliphatic carbocycles. The zero-order chi connectivity index (χ0) is 13.1. The van der Waals surface area contributed by atoms with Gasteiger partial charge in [0, 0.05) is 18.0 Å². The first-order valence-corrected chi connectivity index (χ1v) is 7.31. The summed E-state index contributed by atoms with van der Waals surface area (Å²) < 4.78 is 21.4. The summed E-state index contributed by atoms with van der Waals surface area (Å²) in [7, 11) is -3.58. The molecule has 0 aromatic carbocycles. The Labute approximate surface area is 107 Å². The van der Waals surface area contributed by atoms with Crippen molar-refractivity contribution in [2.24, 2.45) is 5.14 Å². The van der Waals surface area contributed by atoms with Crippen LogP contribution in [0.15, 0.2) is 17.3 Å². The average molecular weight is 298 g/mol. The Hall–Kier alpha value is -0.900. The number of aromatic nitrogens is 1. The van der Waals surface area contributed by atoms with Crippen molar-refractivity contribution in [3.63, 3.8) is 0 Å². The number of rotatable bonds is 5. The Morgan fingerprint density at radius 3 is 2.76 bits per heavy atom. The third-order valence-corrected chi connectivity index (χ3v) is 3.84. The van der Waals surface area contributed by atoms with Gasteiger partial charge in [0.2, 0.25) is 10.0 Å². The number of pyridine rings is 1. The average Bonchev–Trinajstić information content (AvgIpc) is 2.18. The third-order valence-electron chi connectivity index (χ3n) is 1.60. The number of hydrogen-bond donors (Lipinski definition) is 1. The molecule has 0 aliphatic heterocycles. The fourth-order valence-corrected chi connectivity index (χ4v) is 2.93. The number of halogens is 1. The van der Waals surface area contributed by atoms with Crippen molar-refractivity contribution in [2.75, 3.05) is 11.5 Å². The summed E-state index contributed by atoms with van der Waals surface area (Å²) in [4.78, 5) is 13.8. The maximum absolute atomic E-state index is 10.7. The first-order chi connectivity index (χ1) is 7.79. The highest BCUT2D eigenvalue weighted by Crippen LogP contribution is 2.28. The Balaban J connectivity index is 2.81. The van der Waals surface area contributed by atoms with Crippen LogP contribution in [0.25, 0.3) is 0 Å². The third kappa shape index (κ3) is 4.86. The Bertz CT molecular complexity index is 534. The highest BCUT2D eigenvalue weighted by atomic mass is 35.5. The summed E-state index contributed by atoms with van der Waals surface area (Å²) in [5.74, 6) is -0.187. The van der Waals surface area contributed by atoms with Gasteiger partial charge >= 0.3 is 5.69 Å². The van der Waals surface area contributed by atoms with Crippen LogP contribution in [-0.4, -0.2) is 29.8 Å². The summed E-state index contributed by atoms with van der Waals surface area (Å²) in [6.45, 7) is 0. The second-order valence-electron chi connectivity index (χ2n) is 2.95. The highest BCUT2D eigenvalue weighted by molar-refractivity contribution is 8.00. The highest BCUT2D eigenvalue weighted by Gasteiger charge is 2.17. The largest absolute Gasteiger partial charge is 0.302 e. The molecule has 1 rings (SSSR count). The Morgan fingerprint density at radius 1 is 1.59 bits per heavy atom. The van der Waals surface area contributed by atoms with Crippen molar-refractivity contribution in [3.8, 4) is 0 Å². The van der Waals surface area contributed by atoms with E-state index in [9.17, 15) is 18.5 Å². The molecule has 1 aromatic heterocycles. The predicted octanol–water partition coefficient (Wildman–Crippen LogP) is 1.02. The lowest BCUT2D eigenvalue weighted by atomic mass is 10.4. The number of nitrogens with two attached hydrogens (primary N) is 1. The summed E-state index contributed by atoms with van der Waals surface area (Å²) in [6.07, 6.45) is 1.26. The minimum absolute atomic E-state index is 0.0916. The van der Waals surface area contributed by atoms with Crippen LogP contribution >= 0.6 is 23.4 Å². The van der Waals surface area contributed by atoms with Gasteiger partial charge in [-0.05, 0) is 0 Å². The zero-order valence-electron chi connectivity index (χ0n) is 8.37. The van der Waals surface area contributed by atoms with Gasteiger partial charge in [0.25, 0.3) is 0 Å². The minimum Gasteiger partial charge on any atom is -0.258 e. The van der Waals surface area contributed by atoms with Crippen LogP contribution in [0.5, 0.6) is 0 Å². The quantitative estimate of drug-likeness (QED) is 0.493. The molecule has 0 unspecified atom stereocenters. The van der Waals surface area contributed by atoms with Crippen molar-refractivity contribution < 1.29 is 13.3 Å². The smallest absolute Gasteiger partial charge is 0.258 e. The van der Waals surface area contributed by atoms with Gasteiger partial charge < -0.3 is 0 Å². The minimum atomic E-state index is -3.58. The number of nitrogens with zero attached hydrogens (tertiary/aromatic N) is 2. The molecule has 0 radical (unpaired) electrons. The molecule has 1 heterocycles. The van der Waals surface area contributed by atoms with Crippen molar-refractivity contribution in [1.29, 1.82) is 0 Å². The summed E-state index contributed by atoms with van der Waals surface area (Å²) in [5, 5.41) is 15.7. The van der Waals surface area contributed by atoms with E-state index in [4.69, 9.17) is 16.7 Å². The van der Waals surface area contributed by atoms with Gasteiger partial charge in [-0.1, -0.05) is 23.4 Å². The van der Waals surface area contributed by atoms with Crippen molar-refractivity contribution >= 4 is 39.1 Å². The lowest BCUT2D eigenvalue weighted by Crippen LogP contribution is -2.17. The molecule has 0 atom stereocenters. The van der Waals surface area contributed by atoms with Crippen LogP contribution in [-0.2, 0) is 10.0 Å². The number of primary sulfonamides is 1. The monoisotopic (exact) mass is 297 g/mol. The van der Waals surface area contributed by atoms with E-state index in [1.807, 2.05) is 0 Å². The zero-order valence-corrected chi connectivity index (χ0v) is 10.8. The normalized spacial score (nSPS) is 11.4. The molecule has 0 saturated heterocycles. The molecule has 0 saturated carbocycles. The van der Waals surface area contributed by atoms with E-state index in [1.165, 1.54) is 6.20 Å². The molecule has 1 aromatic rings. The predicted molar refractivity (Wildman–Crippen MR) is 64.6 cm³/mol.